The van der Waals surface area contributed by atoms with Gasteiger partial charge in [-0.15, -0.1) is 0 Å². The zero-order chi connectivity index (χ0) is 23.4. The quantitative estimate of drug-likeness (QED) is 0.604. The number of benzene rings is 2. The topological polar surface area (TPSA) is 65.5 Å². The Morgan fingerprint density at radius 3 is 2.64 bits per heavy atom. The first-order valence-corrected chi connectivity index (χ1v) is 10.9. The van der Waals surface area contributed by atoms with Gasteiger partial charge >= 0.3 is 0 Å². The van der Waals surface area contributed by atoms with E-state index >= 15 is 0 Å². The van der Waals surface area contributed by atoms with Crippen LogP contribution in [0.3, 0.4) is 0 Å². The van der Waals surface area contributed by atoms with Crippen molar-refractivity contribution in [2.45, 2.75) is 20.0 Å². The summed E-state index contributed by atoms with van der Waals surface area (Å²) in [6.45, 7) is 3.27. The van der Waals surface area contributed by atoms with Crippen LogP contribution in [0.1, 0.15) is 23.6 Å². The van der Waals surface area contributed by atoms with Gasteiger partial charge in [0.2, 0.25) is 11.8 Å². The monoisotopic (exact) mass is 440 g/mol. The number of nitrogens with zero attached hydrogens (tertiary/aromatic N) is 3. The lowest BCUT2D eigenvalue weighted by Crippen LogP contribution is -2.27. The summed E-state index contributed by atoms with van der Waals surface area (Å²) in [7, 11) is 3.72. The SMILES string of the molecule is C/C(=C\c1cnc2c(c1)CN(C)CC(=O)N2)C(=O)N(C)Cc1ccccc1-c1ccccc1. The van der Waals surface area contributed by atoms with Crippen LogP contribution in [0.25, 0.3) is 17.2 Å². The second kappa shape index (κ2) is 9.79. The molecule has 0 spiro atoms. The zero-order valence-electron chi connectivity index (χ0n) is 19.2. The van der Waals surface area contributed by atoms with Crippen molar-refractivity contribution in [3.8, 4) is 11.1 Å². The zero-order valence-corrected chi connectivity index (χ0v) is 19.2. The third-order valence-corrected chi connectivity index (χ3v) is 5.68. The molecule has 0 atom stereocenters. The van der Waals surface area contributed by atoms with Crippen molar-refractivity contribution in [1.82, 2.24) is 14.8 Å². The molecule has 0 aliphatic carbocycles. The summed E-state index contributed by atoms with van der Waals surface area (Å²) in [5, 5.41) is 2.83. The number of hydrogen-bond acceptors (Lipinski definition) is 4. The first-order chi connectivity index (χ1) is 15.9. The fourth-order valence-electron chi connectivity index (χ4n) is 4.10. The molecule has 33 heavy (non-hydrogen) atoms. The van der Waals surface area contributed by atoms with Gasteiger partial charge in [-0.05, 0) is 48.4 Å². The number of fused-ring (bicyclic) bond motifs is 1. The van der Waals surface area contributed by atoms with E-state index in [1.54, 1.807) is 11.1 Å². The molecule has 6 heteroatoms. The van der Waals surface area contributed by atoms with Crippen LogP contribution in [0.4, 0.5) is 5.82 Å². The number of likely N-dealkylation sites (N-methyl/N-ethyl adjacent to an activating group) is 2. The number of carbonyl (C=O) groups is 2. The highest BCUT2D eigenvalue weighted by molar-refractivity contribution is 5.97. The fraction of sp³-hybridized carbons (Fsp3) is 0.222. The van der Waals surface area contributed by atoms with Gasteiger partial charge in [-0.2, -0.15) is 0 Å². The third-order valence-electron chi connectivity index (χ3n) is 5.68. The van der Waals surface area contributed by atoms with E-state index in [4.69, 9.17) is 0 Å². The van der Waals surface area contributed by atoms with E-state index in [0.29, 0.717) is 31.0 Å². The second-order valence-electron chi connectivity index (χ2n) is 8.51. The average molecular weight is 441 g/mol. The van der Waals surface area contributed by atoms with Gasteiger partial charge in [0, 0.05) is 37.5 Å². The van der Waals surface area contributed by atoms with Crippen LogP contribution in [0, 0.1) is 0 Å². The Balaban J connectivity index is 1.52. The number of aromatic nitrogens is 1. The Hall–Kier alpha value is -3.77. The fourth-order valence-corrected chi connectivity index (χ4v) is 4.10. The van der Waals surface area contributed by atoms with Crippen LogP contribution >= 0.6 is 0 Å². The third kappa shape index (κ3) is 5.35. The van der Waals surface area contributed by atoms with Crippen LogP contribution in [0.2, 0.25) is 0 Å². The molecule has 1 N–H and O–H groups in total. The molecule has 0 fully saturated rings. The molecule has 6 nitrogen and oxygen atoms in total. The number of amides is 2. The molecule has 0 radical (unpaired) electrons. The minimum absolute atomic E-state index is 0.0433. The molecule has 2 aromatic carbocycles. The van der Waals surface area contributed by atoms with Crippen LogP contribution < -0.4 is 5.32 Å². The predicted molar refractivity (Wildman–Crippen MR) is 131 cm³/mol. The van der Waals surface area contributed by atoms with Crippen molar-refractivity contribution in [2.75, 3.05) is 26.0 Å². The van der Waals surface area contributed by atoms with Crippen molar-refractivity contribution in [3.05, 3.63) is 89.1 Å². The molecule has 0 saturated carbocycles. The smallest absolute Gasteiger partial charge is 0.249 e. The Morgan fingerprint density at radius 1 is 1.12 bits per heavy atom. The van der Waals surface area contributed by atoms with Crippen molar-refractivity contribution >= 4 is 23.7 Å². The Bertz CT molecular complexity index is 1200. The summed E-state index contributed by atoms with van der Waals surface area (Å²) in [6.07, 6.45) is 3.54. The van der Waals surface area contributed by atoms with Gasteiger partial charge in [-0.25, -0.2) is 4.98 Å². The number of hydrogen-bond donors (Lipinski definition) is 1. The number of anilines is 1. The van der Waals surface area contributed by atoms with Gasteiger partial charge in [0.15, 0.2) is 0 Å². The van der Waals surface area contributed by atoms with Gasteiger partial charge < -0.3 is 10.2 Å². The lowest BCUT2D eigenvalue weighted by molar-refractivity contribution is -0.126. The van der Waals surface area contributed by atoms with Gasteiger partial charge in [0.1, 0.15) is 5.82 Å². The van der Waals surface area contributed by atoms with Gasteiger partial charge in [-0.1, -0.05) is 54.6 Å². The Labute approximate surface area is 194 Å². The maximum atomic E-state index is 13.1. The van der Waals surface area contributed by atoms with Gasteiger partial charge in [0.05, 0.1) is 6.54 Å². The van der Waals surface area contributed by atoms with Crippen LogP contribution in [0.5, 0.6) is 0 Å². The molecule has 1 aliphatic heterocycles. The highest BCUT2D eigenvalue weighted by atomic mass is 16.2. The summed E-state index contributed by atoms with van der Waals surface area (Å²) >= 11 is 0. The van der Waals surface area contributed by atoms with E-state index in [1.807, 2.05) is 68.4 Å². The molecule has 3 aromatic rings. The molecule has 0 unspecified atom stereocenters. The van der Waals surface area contributed by atoms with Gasteiger partial charge in [-0.3, -0.25) is 14.5 Å². The molecule has 0 bridgehead atoms. The minimum atomic E-state index is -0.0733. The predicted octanol–water partition coefficient (Wildman–Crippen LogP) is 4.19. The Kier molecular flexibility index (Phi) is 6.66. The highest BCUT2D eigenvalue weighted by Gasteiger charge is 2.18. The van der Waals surface area contributed by atoms with E-state index in [0.717, 1.165) is 27.8 Å². The molecule has 168 valence electrons. The van der Waals surface area contributed by atoms with Crippen molar-refractivity contribution in [3.63, 3.8) is 0 Å². The summed E-state index contributed by atoms with van der Waals surface area (Å²) in [5.41, 5.74) is 5.75. The minimum Gasteiger partial charge on any atom is -0.338 e. The lowest BCUT2D eigenvalue weighted by Gasteiger charge is -2.20. The first kappa shape index (κ1) is 22.4. The van der Waals surface area contributed by atoms with Crippen LogP contribution in [0.15, 0.2) is 72.4 Å². The summed E-state index contributed by atoms with van der Waals surface area (Å²) in [6, 6.07) is 20.3. The molecule has 2 amide bonds. The molecule has 2 heterocycles. The standard InChI is InChI=1S/C27H28N4O2/c1-19(13-20-14-23-16-30(2)18-25(32)29-26(23)28-15-20)27(33)31(3)17-22-11-7-8-12-24(22)21-9-5-4-6-10-21/h4-15H,16-18H2,1-3H3,(H,28,29,32)/b19-13+. The van der Waals surface area contributed by atoms with E-state index in [1.165, 1.54) is 0 Å². The Morgan fingerprint density at radius 2 is 1.85 bits per heavy atom. The molecular formula is C27H28N4O2. The van der Waals surface area contributed by atoms with Crippen molar-refractivity contribution < 1.29 is 9.59 Å². The van der Waals surface area contributed by atoms with E-state index in [9.17, 15) is 9.59 Å². The second-order valence-corrected chi connectivity index (χ2v) is 8.51. The van der Waals surface area contributed by atoms with E-state index in [-0.39, 0.29) is 11.8 Å². The largest absolute Gasteiger partial charge is 0.338 e. The molecule has 1 aromatic heterocycles. The van der Waals surface area contributed by atoms with Crippen LogP contribution in [-0.4, -0.2) is 47.2 Å². The molecule has 4 rings (SSSR count). The highest BCUT2D eigenvalue weighted by Crippen LogP contribution is 2.25. The van der Waals surface area contributed by atoms with E-state index in [2.05, 4.69) is 34.6 Å². The number of carbonyl (C=O) groups excluding carboxylic acids is 2. The molecule has 0 saturated heterocycles. The number of rotatable bonds is 5. The lowest BCUT2D eigenvalue weighted by atomic mass is 9.99. The average Bonchev–Trinajstić information content (AvgIpc) is 2.95. The summed E-state index contributed by atoms with van der Waals surface area (Å²) in [4.78, 5) is 33.1. The van der Waals surface area contributed by atoms with E-state index < -0.39 is 0 Å². The molecular weight excluding hydrogens is 412 g/mol. The normalized spacial score (nSPS) is 14.3. The van der Waals surface area contributed by atoms with Crippen molar-refractivity contribution in [1.29, 1.82) is 0 Å². The van der Waals surface area contributed by atoms with Gasteiger partial charge in [0.25, 0.3) is 0 Å². The summed E-state index contributed by atoms with van der Waals surface area (Å²) in [5.74, 6) is 0.467. The maximum Gasteiger partial charge on any atom is 0.249 e. The number of nitrogens with one attached hydrogen (secondary N) is 1. The summed E-state index contributed by atoms with van der Waals surface area (Å²) < 4.78 is 0. The number of pyridine rings is 1. The maximum absolute atomic E-state index is 13.1. The first-order valence-electron chi connectivity index (χ1n) is 10.9. The van der Waals surface area contributed by atoms with Crippen LogP contribution in [-0.2, 0) is 22.7 Å². The molecule has 1 aliphatic rings. The van der Waals surface area contributed by atoms with Crippen molar-refractivity contribution in [2.24, 2.45) is 0 Å².